The van der Waals surface area contributed by atoms with Crippen molar-refractivity contribution in [3.8, 4) is 0 Å². The topological polar surface area (TPSA) is 0 Å². The third kappa shape index (κ3) is 12.7. The molecular weight excluding hydrogens is 223 g/mol. The second-order valence-corrected chi connectivity index (χ2v) is 11.0. The van der Waals surface area contributed by atoms with Crippen molar-refractivity contribution in [2.24, 2.45) is 0 Å². The molecule has 104 valence electrons. The minimum Gasteiger partial charge on any atom is -0.0654 e. The fraction of sp³-hybridized carbons (Fsp3) is 1.00. The lowest BCUT2D eigenvalue weighted by atomic mass is 10.2. The quantitative estimate of drug-likeness (QED) is 0.289. The molecule has 0 bridgehead atoms. The van der Waals surface area contributed by atoms with Crippen LogP contribution in [0.1, 0.15) is 78.1 Å². The Labute approximate surface area is 111 Å². The van der Waals surface area contributed by atoms with Gasteiger partial charge in [-0.1, -0.05) is 52.4 Å². The van der Waals surface area contributed by atoms with Crippen LogP contribution in [0.2, 0.25) is 0 Å². The summed E-state index contributed by atoms with van der Waals surface area (Å²) < 4.78 is 0. The average molecular weight is 259 g/mol. The molecule has 0 aromatic rings. The highest BCUT2D eigenvalue weighted by Crippen LogP contribution is 2.52. The van der Waals surface area contributed by atoms with Gasteiger partial charge in [0.05, 0.1) is 12.3 Å². The molecule has 0 aliphatic carbocycles. The highest BCUT2D eigenvalue weighted by atomic mass is 31.2. The molecule has 0 aliphatic heterocycles. The number of hydrogen-bond donors (Lipinski definition) is 0. The van der Waals surface area contributed by atoms with E-state index in [0.29, 0.717) is 0 Å². The van der Waals surface area contributed by atoms with Crippen LogP contribution in [-0.4, -0.2) is 25.7 Å². The maximum Gasteiger partial charge on any atom is 0.0589 e. The lowest BCUT2D eigenvalue weighted by molar-refractivity contribution is 0.651. The van der Waals surface area contributed by atoms with Crippen molar-refractivity contribution in [1.82, 2.24) is 0 Å². The molecule has 0 aromatic heterocycles. The molecule has 0 rings (SSSR count). The van der Waals surface area contributed by atoms with Crippen LogP contribution in [0, 0.1) is 0 Å². The first-order valence-corrected chi connectivity index (χ1v) is 11.0. The van der Waals surface area contributed by atoms with Gasteiger partial charge in [0, 0.05) is 20.6 Å². The molecule has 0 radical (unpaired) electrons. The summed E-state index contributed by atoms with van der Waals surface area (Å²) in [6.45, 7) is 9.75. The Bertz CT molecular complexity index is 136. The van der Waals surface area contributed by atoms with Crippen molar-refractivity contribution < 1.29 is 0 Å². The van der Waals surface area contributed by atoms with Gasteiger partial charge in [0.1, 0.15) is 0 Å². The van der Waals surface area contributed by atoms with Crippen molar-refractivity contribution in [3.05, 3.63) is 0 Å². The van der Waals surface area contributed by atoms with Crippen LogP contribution in [-0.2, 0) is 0 Å². The van der Waals surface area contributed by atoms with Crippen molar-refractivity contribution in [2.45, 2.75) is 78.1 Å². The maximum absolute atomic E-state index is 2.58. The zero-order valence-corrected chi connectivity index (χ0v) is 13.8. The standard InChI is InChI=1S/C16H36P/c1-5-7-9-11-13-15-17(3,4)16-14-12-10-8-6-2/h5-16H2,1-4H3/q+1. The SMILES string of the molecule is CCCCCCC[P+](C)(C)CCCCCCC. The van der Waals surface area contributed by atoms with Crippen LogP contribution in [0.15, 0.2) is 0 Å². The summed E-state index contributed by atoms with van der Waals surface area (Å²) in [7, 11) is -0.540. The highest BCUT2D eigenvalue weighted by molar-refractivity contribution is 7.74. The van der Waals surface area contributed by atoms with E-state index in [1.54, 1.807) is 12.3 Å². The minimum atomic E-state index is -0.540. The summed E-state index contributed by atoms with van der Waals surface area (Å²) >= 11 is 0. The molecule has 0 heterocycles. The summed E-state index contributed by atoms with van der Waals surface area (Å²) in [5, 5.41) is 0. The lowest BCUT2D eigenvalue weighted by Crippen LogP contribution is -2.01. The number of unbranched alkanes of at least 4 members (excludes halogenated alkanes) is 8. The van der Waals surface area contributed by atoms with E-state index in [-0.39, 0.29) is 0 Å². The van der Waals surface area contributed by atoms with Gasteiger partial charge < -0.3 is 0 Å². The summed E-state index contributed by atoms with van der Waals surface area (Å²) in [4.78, 5) is 0. The van der Waals surface area contributed by atoms with E-state index >= 15 is 0 Å². The van der Waals surface area contributed by atoms with Gasteiger partial charge in [0.25, 0.3) is 0 Å². The molecular formula is C16H36P+. The smallest absolute Gasteiger partial charge is 0.0589 e. The number of rotatable bonds is 12. The Morgan fingerprint density at radius 2 is 0.882 bits per heavy atom. The molecule has 0 saturated carbocycles. The van der Waals surface area contributed by atoms with Crippen molar-refractivity contribution in [2.75, 3.05) is 25.7 Å². The highest BCUT2D eigenvalue weighted by Gasteiger charge is 2.23. The summed E-state index contributed by atoms with van der Waals surface area (Å²) in [5.41, 5.74) is 0. The Balaban J connectivity index is 3.38. The van der Waals surface area contributed by atoms with Crippen LogP contribution >= 0.6 is 7.26 Å². The summed E-state index contributed by atoms with van der Waals surface area (Å²) in [6, 6.07) is 0. The first-order valence-electron chi connectivity index (χ1n) is 7.94. The predicted octanol–water partition coefficient (Wildman–Crippen LogP) is 6.20. The molecule has 0 unspecified atom stereocenters. The van der Waals surface area contributed by atoms with Gasteiger partial charge in [0.2, 0.25) is 0 Å². The molecule has 0 atom stereocenters. The van der Waals surface area contributed by atoms with E-state index in [1.165, 1.54) is 64.2 Å². The Hall–Kier alpha value is 0.430. The Kier molecular flexibility index (Phi) is 11.8. The maximum atomic E-state index is 2.58. The molecule has 0 aliphatic rings. The van der Waals surface area contributed by atoms with Gasteiger partial charge in [-0.05, 0) is 25.7 Å². The summed E-state index contributed by atoms with van der Waals surface area (Å²) in [5.74, 6) is 0. The van der Waals surface area contributed by atoms with E-state index in [2.05, 4.69) is 27.2 Å². The molecule has 17 heavy (non-hydrogen) atoms. The first kappa shape index (κ1) is 17.4. The Morgan fingerprint density at radius 3 is 1.24 bits per heavy atom. The number of hydrogen-bond acceptors (Lipinski definition) is 0. The fourth-order valence-electron chi connectivity index (χ4n) is 2.40. The van der Waals surface area contributed by atoms with Crippen LogP contribution < -0.4 is 0 Å². The van der Waals surface area contributed by atoms with E-state index in [9.17, 15) is 0 Å². The van der Waals surface area contributed by atoms with Crippen molar-refractivity contribution in [3.63, 3.8) is 0 Å². The van der Waals surface area contributed by atoms with Gasteiger partial charge in [-0.15, -0.1) is 0 Å². The van der Waals surface area contributed by atoms with E-state index in [4.69, 9.17) is 0 Å². The molecule has 0 saturated heterocycles. The minimum absolute atomic E-state index is 0.540. The third-order valence-corrected chi connectivity index (χ3v) is 6.79. The lowest BCUT2D eigenvalue weighted by Gasteiger charge is -2.18. The zero-order chi connectivity index (χ0) is 13.0. The average Bonchev–Trinajstić information content (AvgIpc) is 2.28. The predicted molar refractivity (Wildman–Crippen MR) is 86.0 cm³/mol. The summed E-state index contributed by atoms with van der Waals surface area (Å²) in [6.07, 6.45) is 17.6. The van der Waals surface area contributed by atoms with Crippen LogP contribution in [0.25, 0.3) is 0 Å². The zero-order valence-electron chi connectivity index (χ0n) is 12.9. The van der Waals surface area contributed by atoms with Gasteiger partial charge in [-0.25, -0.2) is 0 Å². The first-order chi connectivity index (χ1) is 8.12. The van der Waals surface area contributed by atoms with E-state index in [1.807, 2.05) is 0 Å². The Morgan fingerprint density at radius 1 is 0.529 bits per heavy atom. The van der Waals surface area contributed by atoms with E-state index < -0.39 is 7.26 Å². The molecule has 0 spiro atoms. The largest absolute Gasteiger partial charge is 0.0654 e. The third-order valence-electron chi connectivity index (χ3n) is 3.73. The second-order valence-electron chi connectivity index (χ2n) is 6.21. The molecule has 1 heteroatoms. The van der Waals surface area contributed by atoms with Gasteiger partial charge in [-0.2, -0.15) is 0 Å². The molecule has 0 nitrogen and oxygen atoms in total. The monoisotopic (exact) mass is 259 g/mol. The van der Waals surface area contributed by atoms with Crippen LogP contribution in [0.4, 0.5) is 0 Å². The fourth-order valence-corrected chi connectivity index (χ4v) is 4.78. The van der Waals surface area contributed by atoms with Gasteiger partial charge >= 0.3 is 0 Å². The van der Waals surface area contributed by atoms with Gasteiger partial charge in [0.15, 0.2) is 0 Å². The second kappa shape index (κ2) is 11.5. The normalized spacial score (nSPS) is 12.0. The molecule has 0 amide bonds. The van der Waals surface area contributed by atoms with E-state index in [0.717, 1.165) is 0 Å². The van der Waals surface area contributed by atoms with Crippen LogP contribution in [0.5, 0.6) is 0 Å². The molecule has 0 N–H and O–H groups in total. The van der Waals surface area contributed by atoms with Crippen molar-refractivity contribution in [1.29, 1.82) is 0 Å². The molecule has 0 aromatic carbocycles. The molecule has 0 fully saturated rings. The van der Waals surface area contributed by atoms with Crippen LogP contribution in [0.3, 0.4) is 0 Å². The van der Waals surface area contributed by atoms with Crippen molar-refractivity contribution >= 4 is 7.26 Å². The van der Waals surface area contributed by atoms with Gasteiger partial charge in [-0.3, -0.25) is 0 Å².